The van der Waals surface area contributed by atoms with E-state index in [4.69, 9.17) is 16.3 Å². The van der Waals surface area contributed by atoms with Gasteiger partial charge in [-0.15, -0.1) is 5.10 Å². The van der Waals surface area contributed by atoms with Crippen LogP contribution < -0.4 is 4.74 Å². The van der Waals surface area contributed by atoms with Crippen LogP contribution in [-0.4, -0.2) is 46.0 Å². The van der Waals surface area contributed by atoms with Crippen LogP contribution in [0, 0.1) is 0 Å². The molecule has 0 aliphatic carbocycles. The van der Waals surface area contributed by atoms with Crippen molar-refractivity contribution in [3.63, 3.8) is 0 Å². The number of carbonyl (C=O) groups is 1. The van der Waals surface area contributed by atoms with Crippen molar-refractivity contribution in [1.82, 2.24) is 19.9 Å². The first-order valence-corrected chi connectivity index (χ1v) is 8.57. The molecule has 1 aliphatic rings. The van der Waals surface area contributed by atoms with Gasteiger partial charge in [-0.2, -0.15) is 0 Å². The molecule has 1 aliphatic heterocycles. The van der Waals surface area contributed by atoms with Gasteiger partial charge >= 0.3 is 0 Å². The Morgan fingerprint density at radius 1 is 1.25 bits per heavy atom. The van der Waals surface area contributed by atoms with Crippen molar-refractivity contribution in [3.05, 3.63) is 29.4 Å². The Balaban J connectivity index is 1.74. The lowest BCUT2D eigenvalue weighted by Crippen LogP contribution is -2.34. The highest BCUT2D eigenvalue weighted by Crippen LogP contribution is 2.30. The highest BCUT2D eigenvalue weighted by Gasteiger charge is 2.17. The van der Waals surface area contributed by atoms with Crippen molar-refractivity contribution in [2.45, 2.75) is 32.2 Å². The van der Waals surface area contributed by atoms with E-state index in [1.54, 1.807) is 36.2 Å². The van der Waals surface area contributed by atoms with Crippen molar-refractivity contribution in [2.24, 2.45) is 0 Å². The van der Waals surface area contributed by atoms with E-state index in [2.05, 4.69) is 10.3 Å². The number of benzene rings is 1. The third-order valence-corrected chi connectivity index (χ3v) is 4.47. The third kappa shape index (κ3) is 3.87. The molecule has 24 heavy (non-hydrogen) atoms. The summed E-state index contributed by atoms with van der Waals surface area (Å²) in [6.07, 6.45) is 6.31. The van der Waals surface area contributed by atoms with Gasteiger partial charge in [0.2, 0.25) is 5.91 Å². The number of methoxy groups -OCH3 is 1. The summed E-state index contributed by atoms with van der Waals surface area (Å²) in [4.78, 5) is 14.4. The lowest BCUT2D eigenvalue weighted by molar-refractivity contribution is -0.132. The Morgan fingerprint density at radius 2 is 2.00 bits per heavy atom. The Kier molecular flexibility index (Phi) is 5.35. The second kappa shape index (κ2) is 7.66. The number of ether oxygens (including phenoxy) is 1. The van der Waals surface area contributed by atoms with Crippen LogP contribution in [0.4, 0.5) is 0 Å². The van der Waals surface area contributed by atoms with Crippen LogP contribution in [0.3, 0.4) is 0 Å². The maximum Gasteiger partial charge on any atom is 0.244 e. The van der Waals surface area contributed by atoms with Gasteiger partial charge in [0.05, 0.1) is 13.3 Å². The van der Waals surface area contributed by atoms with Gasteiger partial charge in [0.25, 0.3) is 0 Å². The molecule has 0 atom stereocenters. The minimum absolute atomic E-state index is 0.0893. The van der Waals surface area contributed by atoms with E-state index in [1.165, 1.54) is 12.8 Å². The molecule has 0 spiro atoms. The molecule has 1 fully saturated rings. The van der Waals surface area contributed by atoms with Gasteiger partial charge in [-0.05, 0) is 31.0 Å². The number of hydrogen-bond acceptors (Lipinski definition) is 4. The summed E-state index contributed by atoms with van der Waals surface area (Å²) < 4.78 is 6.92. The lowest BCUT2D eigenvalue weighted by Gasteiger charge is -2.19. The second-order valence-corrected chi connectivity index (χ2v) is 6.38. The zero-order valence-electron chi connectivity index (χ0n) is 13.7. The summed E-state index contributed by atoms with van der Waals surface area (Å²) in [6, 6.07) is 5.33. The number of carbonyl (C=O) groups excluding carboxylic acids is 1. The van der Waals surface area contributed by atoms with Gasteiger partial charge in [0.15, 0.2) is 0 Å². The number of halogens is 1. The monoisotopic (exact) mass is 348 g/mol. The Morgan fingerprint density at radius 3 is 2.71 bits per heavy atom. The molecule has 128 valence electrons. The van der Waals surface area contributed by atoms with Crippen LogP contribution in [0.2, 0.25) is 5.02 Å². The molecule has 0 unspecified atom stereocenters. The second-order valence-electron chi connectivity index (χ2n) is 5.94. The molecule has 1 saturated heterocycles. The molecule has 0 bridgehead atoms. The number of amides is 1. The molecule has 0 radical (unpaired) electrons. The van der Waals surface area contributed by atoms with Gasteiger partial charge in [0.1, 0.15) is 18.0 Å². The van der Waals surface area contributed by atoms with E-state index >= 15 is 0 Å². The first kappa shape index (κ1) is 16.8. The fourth-order valence-electron chi connectivity index (χ4n) is 2.94. The molecule has 0 saturated carbocycles. The largest absolute Gasteiger partial charge is 0.496 e. The molecule has 1 amide bonds. The minimum atomic E-state index is 0.0893. The molecular formula is C17H21ClN4O2. The number of likely N-dealkylation sites (tertiary alicyclic amines) is 1. The summed E-state index contributed by atoms with van der Waals surface area (Å²) in [5, 5.41) is 8.83. The van der Waals surface area contributed by atoms with Crippen molar-refractivity contribution in [3.8, 4) is 17.0 Å². The fraction of sp³-hybridized carbons (Fsp3) is 0.471. The van der Waals surface area contributed by atoms with Crippen molar-refractivity contribution < 1.29 is 9.53 Å². The number of aromatic nitrogens is 3. The summed E-state index contributed by atoms with van der Waals surface area (Å²) in [5.74, 6) is 0.761. The van der Waals surface area contributed by atoms with E-state index < -0.39 is 0 Å². The SMILES string of the molecule is COc1ccc(Cl)cc1-c1cn(CC(=O)N2CCCCCC2)nn1. The highest BCUT2D eigenvalue weighted by molar-refractivity contribution is 6.30. The van der Waals surface area contributed by atoms with E-state index in [1.807, 2.05) is 4.90 Å². The first-order chi connectivity index (χ1) is 11.7. The van der Waals surface area contributed by atoms with Gasteiger partial charge in [-0.1, -0.05) is 29.7 Å². The average molecular weight is 349 g/mol. The van der Waals surface area contributed by atoms with Crippen LogP contribution in [0.25, 0.3) is 11.3 Å². The zero-order chi connectivity index (χ0) is 16.9. The number of hydrogen-bond donors (Lipinski definition) is 0. The van der Waals surface area contributed by atoms with Gasteiger partial charge in [0, 0.05) is 23.7 Å². The van der Waals surface area contributed by atoms with Crippen LogP contribution >= 0.6 is 11.6 Å². The van der Waals surface area contributed by atoms with E-state index in [-0.39, 0.29) is 12.5 Å². The Labute approximate surface area is 146 Å². The normalized spacial score (nSPS) is 15.2. The smallest absolute Gasteiger partial charge is 0.244 e. The highest BCUT2D eigenvalue weighted by atomic mass is 35.5. The van der Waals surface area contributed by atoms with Crippen LogP contribution in [0.1, 0.15) is 25.7 Å². The van der Waals surface area contributed by atoms with Gasteiger partial charge in [-0.25, -0.2) is 4.68 Å². The third-order valence-electron chi connectivity index (χ3n) is 4.23. The number of rotatable bonds is 4. The van der Waals surface area contributed by atoms with Crippen LogP contribution in [0.15, 0.2) is 24.4 Å². The summed E-state index contributed by atoms with van der Waals surface area (Å²) in [7, 11) is 1.60. The molecule has 0 N–H and O–H groups in total. The predicted octanol–water partition coefficient (Wildman–Crippen LogP) is 3.01. The molecule has 2 heterocycles. The predicted molar refractivity (Wildman–Crippen MR) is 92.1 cm³/mol. The quantitative estimate of drug-likeness (QED) is 0.852. The molecule has 1 aromatic carbocycles. The standard InChI is InChI=1S/C17H21ClN4O2/c1-24-16-7-6-13(18)10-14(16)15-11-22(20-19-15)12-17(23)21-8-4-2-3-5-9-21/h6-7,10-11H,2-5,8-9,12H2,1H3. The topological polar surface area (TPSA) is 60.2 Å². The molecule has 7 heteroatoms. The number of nitrogens with zero attached hydrogens (tertiary/aromatic N) is 4. The van der Waals surface area contributed by atoms with Crippen molar-refractivity contribution in [2.75, 3.05) is 20.2 Å². The van der Waals surface area contributed by atoms with Crippen molar-refractivity contribution in [1.29, 1.82) is 0 Å². The Hall–Kier alpha value is -2.08. The summed E-state index contributed by atoms with van der Waals surface area (Å²) >= 11 is 6.06. The summed E-state index contributed by atoms with van der Waals surface area (Å²) in [5.41, 5.74) is 1.40. The molecule has 1 aromatic heterocycles. The lowest BCUT2D eigenvalue weighted by atomic mass is 10.1. The van der Waals surface area contributed by atoms with E-state index in [9.17, 15) is 4.79 Å². The molecular weight excluding hydrogens is 328 g/mol. The fourth-order valence-corrected chi connectivity index (χ4v) is 3.11. The average Bonchev–Trinajstić information content (AvgIpc) is 2.87. The minimum Gasteiger partial charge on any atom is -0.496 e. The van der Waals surface area contributed by atoms with E-state index in [0.717, 1.165) is 31.5 Å². The molecule has 6 nitrogen and oxygen atoms in total. The van der Waals surface area contributed by atoms with Crippen molar-refractivity contribution >= 4 is 17.5 Å². The van der Waals surface area contributed by atoms with Crippen LogP contribution in [-0.2, 0) is 11.3 Å². The molecule has 2 aromatic rings. The zero-order valence-corrected chi connectivity index (χ0v) is 14.5. The Bertz CT molecular complexity index is 708. The van der Waals surface area contributed by atoms with Crippen LogP contribution in [0.5, 0.6) is 5.75 Å². The van der Waals surface area contributed by atoms with E-state index in [0.29, 0.717) is 16.5 Å². The maximum absolute atomic E-state index is 12.4. The first-order valence-electron chi connectivity index (χ1n) is 8.19. The summed E-state index contributed by atoms with van der Waals surface area (Å²) in [6.45, 7) is 1.88. The van der Waals surface area contributed by atoms with Gasteiger partial charge in [-0.3, -0.25) is 4.79 Å². The maximum atomic E-state index is 12.4. The van der Waals surface area contributed by atoms with Gasteiger partial charge < -0.3 is 9.64 Å². The molecule has 3 rings (SSSR count).